The van der Waals surface area contributed by atoms with Crippen molar-refractivity contribution in [2.45, 2.75) is 45.1 Å². The second-order valence-corrected chi connectivity index (χ2v) is 7.89. The molecule has 1 aromatic carbocycles. The monoisotopic (exact) mass is 378 g/mol. The van der Waals surface area contributed by atoms with Crippen molar-refractivity contribution < 1.29 is 5.11 Å². The molecule has 0 unspecified atom stereocenters. The molecule has 0 aliphatic carbocycles. The lowest BCUT2D eigenvalue weighted by Gasteiger charge is -2.28. The Bertz CT molecular complexity index is 848. The van der Waals surface area contributed by atoms with Crippen LogP contribution in [-0.2, 0) is 25.8 Å². The van der Waals surface area contributed by atoms with Crippen molar-refractivity contribution in [2.75, 3.05) is 30.3 Å². The molecule has 2 aliphatic heterocycles. The number of aliphatic hydroxyl groups is 1. The van der Waals surface area contributed by atoms with Gasteiger partial charge in [0.25, 0.3) is 0 Å². The molecule has 0 fully saturated rings. The van der Waals surface area contributed by atoms with E-state index in [4.69, 9.17) is 15.8 Å². The Labute approximate surface area is 167 Å². The Kier molecular flexibility index (Phi) is 5.81. The lowest BCUT2D eigenvalue weighted by molar-refractivity contribution is 0.248. The van der Waals surface area contributed by atoms with Gasteiger partial charge in [0.2, 0.25) is 0 Å². The van der Waals surface area contributed by atoms with Crippen LogP contribution in [0.4, 0.5) is 11.5 Å². The van der Waals surface area contributed by atoms with Gasteiger partial charge in [0.05, 0.1) is 6.26 Å². The van der Waals surface area contributed by atoms with Crippen LogP contribution < -0.4 is 10.6 Å². The van der Waals surface area contributed by atoms with Gasteiger partial charge in [-0.05, 0) is 73.5 Å². The highest BCUT2D eigenvalue weighted by atomic mass is 16.2. The minimum atomic E-state index is 0.878. The molecule has 0 radical (unpaired) electrons. The predicted molar refractivity (Wildman–Crippen MR) is 114 cm³/mol. The Morgan fingerprint density at radius 3 is 2.75 bits per heavy atom. The number of anilines is 2. The van der Waals surface area contributed by atoms with Gasteiger partial charge in [0, 0.05) is 37.2 Å². The number of nitrogens with zero attached hydrogens (tertiary/aromatic N) is 3. The number of fused-ring (bicyclic) bond motifs is 2. The maximum absolute atomic E-state index is 9.04. The fourth-order valence-corrected chi connectivity index (χ4v) is 4.31. The molecule has 2 aromatic rings. The van der Waals surface area contributed by atoms with Gasteiger partial charge in [-0.1, -0.05) is 18.6 Å². The van der Waals surface area contributed by atoms with Gasteiger partial charge in [-0.2, -0.15) is 0 Å². The van der Waals surface area contributed by atoms with E-state index in [1.54, 1.807) is 6.20 Å². The van der Waals surface area contributed by atoms with Crippen LogP contribution in [-0.4, -0.2) is 34.6 Å². The van der Waals surface area contributed by atoms with E-state index in [2.05, 4.69) is 29.2 Å². The fraction of sp³-hybridized carbons (Fsp3) is 0.435. The second-order valence-electron chi connectivity index (χ2n) is 7.89. The van der Waals surface area contributed by atoms with E-state index in [-0.39, 0.29) is 0 Å². The van der Waals surface area contributed by atoms with Gasteiger partial charge in [-0.3, -0.25) is 4.90 Å². The number of nitrogen functional groups attached to an aromatic ring is 1. The van der Waals surface area contributed by atoms with Crippen LogP contribution in [0.3, 0.4) is 0 Å². The molecule has 0 atom stereocenters. The number of unbranched alkanes of at least 4 members (excludes halogenated alkanes) is 2. The Hall–Kier alpha value is -2.53. The van der Waals surface area contributed by atoms with E-state index in [1.165, 1.54) is 36.0 Å². The molecule has 0 amide bonds. The van der Waals surface area contributed by atoms with Crippen LogP contribution in [0.2, 0.25) is 0 Å². The van der Waals surface area contributed by atoms with Crippen LogP contribution in [0.15, 0.2) is 42.8 Å². The third kappa shape index (κ3) is 4.30. The molecular formula is C23H30N4O. The minimum absolute atomic E-state index is 0.878. The summed E-state index contributed by atoms with van der Waals surface area (Å²) in [5, 5.41) is 9.04. The molecule has 0 bridgehead atoms. The largest absolute Gasteiger partial charge is 0.514 e. The lowest BCUT2D eigenvalue weighted by atomic mass is 9.99. The summed E-state index contributed by atoms with van der Waals surface area (Å²) in [6.07, 6.45) is 9.55. The molecule has 4 rings (SSSR count). The van der Waals surface area contributed by atoms with E-state index in [9.17, 15) is 0 Å². The molecule has 1 aromatic heterocycles. The van der Waals surface area contributed by atoms with E-state index in [0.29, 0.717) is 0 Å². The van der Waals surface area contributed by atoms with Crippen molar-refractivity contribution in [1.82, 2.24) is 9.88 Å². The summed E-state index contributed by atoms with van der Waals surface area (Å²) >= 11 is 0. The summed E-state index contributed by atoms with van der Waals surface area (Å²) in [5.41, 5.74) is 12.1. The zero-order chi connectivity index (χ0) is 19.3. The van der Waals surface area contributed by atoms with Crippen molar-refractivity contribution in [3.8, 4) is 0 Å². The number of nitrogens with two attached hydrogens (primary N) is 1. The number of aromatic nitrogens is 1. The summed E-state index contributed by atoms with van der Waals surface area (Å²) in [7, 11) is 0. The normalized spacial score (nSPS) is 16.5. The highest BCUT2D eigenvalue weighted by Crippen LogP contribution is 2.26. The molecule has 0 saturated carbocycles. The van der Waals surface area contributed by atoms with E-state index in [1.807, 2.05) is 11.0 Å². The summed E-state index contributed by atoms with van der Waals surface area (Å²) in [4.78, 5) is 9.41. The van der Waals surface area contributed by atoms with E-state index in [0.717, 1.165) is 68.9 Å². The number of benzene rings is 1. The Morgan fingerprint density at radius 2 is 1.86 bits per heavy atom. The molecule has 0 saturated heterocycles. The maximum atomic E-state index is 9.04. The number of aryl methyl sites for hydroxylation is 1. The number of pyridine rings is 1. The lowest BCUT2D eigenvalue weighted by Crippen LogP contribution is -2.31. The van der Waals surface area contributed by atoms with Crippen LogP contribution >= 0.6 is 0 Å². The van der Waals surface area contributed by atoms with Crippen molar-refractivity contribution in [3.05, 3.63) is 65.2 Å². The van der Waals surface area contributed by atoms with Gasteiger partial charge < -0.3 is 15.7 Å². The van der Waals surface area contributed by atoms with Crippen LogP contribution in [0, 0.1) is 0 Å². The third-order valence-electron chi connectivity index (χ3n) is 5.88. The van der Waals surface area contributed by atoms with Crippen LogP contribution in [0.5, 0.6) is 0 Å². The first-order valence-corrected chi connectivity index (χ1v) is 10.4. The molecule has 148 valence electrons. The Balaban J connectivity index is 1.21. The summed E-state index contributed by atoms with van der Waals surface area (Å²) in [5.74, 6) is 1.01. The van der Waals surface area contributed by atoms with Crippen LogP contribution in [0.1, 0.15) is 41.6 Å². The number of hydrogen-bond acceptors (Lipinski definition) is 5. The number of rotatable bonds is 7. The van der Waals surface area contributed by atoms with E-state index >= 15 is 0 Å². The summed E-state index contributed by atoms with van der Waals surface area (Å²) < 4.78 is 0. The van der Waals surface area contributed by atoms with Crippen molar-refractivity contribution in [3.63, 3.8) is 0 Å². The highest BCUT2D eigenvalue weighted by Gasteiger charge is 2.19. The summed E-state index contributed by atoms with van der Waals surface area (Å²) in [6, 6.07) is 10.7. The quantitative estimate of drug-likeness (QED) is 0.435. The highest BCUT2D eigenvalue weighted by molar-refractivity contribution is 5.54. The molecule has 3 heterocycles. The van der Waals surface area contributed by atoms with Gasteiger partial charge in [0.15, 0.2) is 0 Å². The zero-order valence-electron chi connectivity index (χ0n) is 16.5. The molecule has 28 heavy (non-hydrogen) atoms. The summed E-state index contributed by atoms with van der Waals surface area (Å²) in [6.45, 7) is 4.25. The first-order chi connectivity index (χ1) is 13.7. The smallest absolute Gasteiger partial charge is 0.136 e. The SMILES string of the molecule is Nc1ccc2c(c1)CCN(CCCCCc1ccc3c(n1)N(/C=C\O)CC3)C2. The topological polar surface area (TPSA) is 65.6 Å². The van der Waals surface area contributed by atoms with Gasteiger partial charge in [-0.15, -0.1) is 0 Å². The average molecular weight is 379 g/mol. The first-order valence-electron chi connectivity index (χ1n) is 10.4. The zero-order valence-corrected chi connectivity index (χ0v) is 16.5. The molecule has 5 nitrogen and oxygen atoms in total. The van der Waals surface area contributed by atoms with Crippen molar-refractivity contribution in [2.24, 2.45) is 0 Å². The minimum Gasteiger partial charge on any atom is -0.514 e. The van der Waals surface area contributed by atoms with Crippen LogP contribution in [0.25, 0.3) is 0 Å². The van der Waals surface area contributed by atoms with Gasteiger partial charge in [-0.25, -0.2) is 4.98 Å². The standard InChI is InChI=1S/C23H30N4O/c24-21-7-5-20-17-26(12-9-19(20)16-21)11-3-1-2-4-22-8-6-18-10-13-27(14-15-28)23(18)25-22/h5-8,14-16,28H,1-4,9-13,17,24H2/b15-14-. The van der Waals surface area contributed by atoms with E-state index < -0.39 is 0 Å². The van der Waals surface area contributed by atoms with Gasteiger partial charge >= 0.3 is 0 Å². The average Bonchev–Trinajstić information content (AvgIpc) is 3.10. The predicted octanol–water partition coefficient (Wildman–Crippen LogP) is 3.83. The Morgan fingerprint density at radius 1 is 1.00 bits per heavy atom. The molecule has 5 heteroatoms. The second kappa shape index (κ2) is 8.65. The molecule has 0 spiro atoms. The maximum Gasteiger partial charge on any atom is 0.136 e. The first kappa shape index (κ1) is 18.8. The molecular weight excluding hydrogens is 348 g/mol. The van der Waals surface area contributed by atoms with Crippen molar-refractivity contribution >= 4 is 11.5 Å². The molecule has 2 aliphatic rings. The molecule has 3 N–H and O–H groups in total. The number of hydrogen-bond donors (Lipinski definition) is 2. The van der Waals surface area contributed by atoms with Gasteiger partial charge in [0.1, 0.15) is 5.82 Å². The third-order valence-corrected chi connectivity index (χ3v) is 5.88. The fourth-order valence-electron chi connectivity index (χ4n) is 4.31. The van der Waals surface area contributed by atoms with Crippen molar-refractivity contribution in [1.29, 1.82) is 0 Å². The number of aliphatic hydroxyl groups excluding tert-OH is 1.